The summed E-state index contributed by atoms with van der Waals surface area (Å²) in [5.74, 6) is -0.414. The van der Waals surface area contributed by atoms with E-state index in [4.69, 9.17) is 5.73 Å². The van der Waals surface area contributed by atoms with Crippen molar-refractivity contribution in [3.8, 4) is 0 Å². The van der Waals surface area contributed by atoms with Gasteiger partial charge in [0.05, 0.1) is 5.56 Å². The van der Waals surface area contributed by atoms with Crippen LogP contribution in [0.15, 0.2) is 48.5 Å². The number of aryl methyl sites for hydroxylation is 1. The molecule has 3 N–H and O–H groups in total. The van der Waals surface area contributed by atoms with Crippen LogP contribution in [0.1, 0.15) is 21.5 Å². The Morgan fingerprint density at radius 1 is 1.11 bits per heavy atom. The van der Waals surface area contributed by atoms with Crippen molar-refractivity contribution in [3.05, 3.63) is 65.2 Å². The largest absolute Gasteiger partial charge is 0.380 e. The molecule has 0 saturated heterocycles. The summed E-state index contributed by atoms with van der Waals surface area (Å²) in [5.41, 5.74) is 9.05. The predicted octanol–water partition coefficient (Wildman–Crippen LogP) is 2.71. The molecule has 0 heterocycles. The first kappa shape index (κ1) is 12.2. The highest BCUT2D eigenvalue weighted by Crippen LogP contribution is 2.16. The summed E-state index contributed by atoms with van der Waals surface area (Å²) in [5, 5.41) is 3.25. The summed E-state index contributed by atoms with van der Waals surface area (Å²) in [6.07, 6.45) is 0. The van der Waals surface area contributed by atoms with Crippen molar-refractivity contribution in [2.24, 2.45) is 5.73 Å². The summed E-state index contributed by atoms with van der Waals surface area (Å²) in [4.78, 5) is 11.3. The number of para-hydroxylation sites is 1. The van der Waals surface area contributed by atoms with Crippen LogP contribution in [0.5, 0.6) is 0 Å². The lowest BCUT2D eigenvalue weighted by Gasteiger charge is -2.11. The van der Waals surface area contributed by atoms with Gasteiger partial charge < -0.3 is 11.1 Å². The predicted molar refractivity (Wildman–Crippen MR) is 73.5 cm³/mol. The minimum Gasteiger partial charge on any atom is -0.380 e. The van der Waals surface area contributed by atoms with Crippen molar-refractivity contribution >= 4 is 11.6 Å². The van der Waals surface area contributed by atoms with E-state index in [2.05, 4.69) is 24.4 Å². The number of benzene rings is 2. The zero-order valence-electron chi connectivity index (χ0n) is 10.3. The van der Waals surface area contributed by atoms with Gasteiger partial charge in [-0.05, 0) is 30.2 Å². The van der Waals surface area contributed by atoms with Gasteiger partial charge in [-0.25, -0.2) is 0 Å². The van der Waals surface area contributed by atoms with E-state index in [-0.39, 0.29) is 0 Å². The molecule has 0 aromatic heterocycles. The molecular weight excluding hydrogens is 224 g/mol. The lowest BCUT2D eigenvalue weighted by atomic mass is 10.1. The summed E-state index contributed by atoms with van der Waals surface area (Å²) < 4.78 is 0. The fraction of sp³-hybridized carbons (Fsp3) is 0.133. The van der Waals surface area contributed by atoms with E-state index in [1.807, 2.05) is 24.3 Å². The Morgan fingerprint density at radius 2 is 1.78 bits per heavy atom. The van der Waals surface area contributed by atoms with Gasteiger partial charge in [-0.3, -0.25) is 4.79 Å². The molecule has 18 heavy (non-hydrogen) atoms. The second kappa shape index (κ2) is 5.36. The van der Waals surface area contributed by atoms with Crippen LogP contribution in [0.4, 0.5) is 5.69 Å². The molecule has 3 nitrogen and oxygen atoms in total. The molecule has 3 heteroatoms. The summed E-state index contributed by atoms with van der Waals surface area (Å²) in [7, 11) is 0. The maximum Gasteiger partial charge on any atom is 0.250 e. The first-order valence-electron chi connectivity index (χ1n) is 5.85. The Bertz CT molecular complexity index is 564. The van der Waals surface area contributed by atoms with E-state index in [9.17, 15) is 4.79 Å². The third-order valence-corrected chi connectivity index (χ3v) is 2.92. The number of primary amides is 1. The van der Waals surface area contributed by atoms with Crippen molar-refractivity contribution in [2.45, 2.75) is 13.5 Å². The maximum absolute atomic E-state index is 11.3. The van der Waals surface area contributed by atoms with Crippen LogP contribution < -0.4 is 11.1 Å². The van der Waals surface area contributed by atoms with Gasteiger partial charge in [0, 0.05) is 12.2 Å². The number of amides is 1. The number of nitrogens with two attached hydrogens (primary N) is 1. The molecule has 0 aliphatic heterocycles. The van der Waals surface area contributed by atoms with Crippen LogP contribution >= 0.6 is 0 Å². The monoisotopic (exact) mass is 240 g/mol. The van der Waals surface area contributed by atoms with E-state index in [0.717, 1.165) is 5.69 Å². The molecule has 92 valence electrons. The molecule has 0 aliphatic rings. The highest BCUT2D eigenvalue weighted by molar-refractivity contribution is 5.98. The van der Waals surface area contributed by atoms with Crippen LogP contribution in [-0.4, -0.2) is 5.91 Å². The second-order valence-electron chi connectivity index (χ2n) is 4.19. The van der Waals surface area contributed by atoms with Gasteiger partial charge in [0.2, 0.25) is 0 Å². The highest BCUT2D eigenvalue weighted by Gasteiger charge is 2.06. The minimum absolute atomic E-state index is 0.414. The lowest BCUT2D eigenvalue weighted by Crippen LogP contribution is -2.14. The first-order valence-corrected chi connectivity index (χ1v) is 5.85. The van der Waals surface area contributed by atoms with Crippen LogP contribution in [0.2, 0.25) is 0 Å². The average Bonchev–Trinajstić information content (AvgIpc) is 2.38. The van der Waals surface area contributed by atoms with Gasteiger partial charge in [-0.2, -0.15) is 0 Å². The SMILES string of the molecule is Cc1ccccc1CNc1ccccc1C(N)=O. The molecule has 0 fully saturated rings. The summed E-state index contributed by atoms with van der Waals surface area (Å²) >= 11 is 0. The Morgan fingerprint density at radius 3 is 2.50 bits per heavy atom. The molecule has 0 saturated carbocycles. The quantitative estimate of drug-likeness (QED) is 0.863. The van der Waals surface area contributed by atoms with Gasteiger partial charge >= 0.3 is 0 Å². The Balaban J connectivity index is 2.16. The Hall–Kier alpha value is -2.29. The lowest BCUT2D eigenvalue weighted by molar-refractivity contribution is 0.100. The van der Waals surface area contributed by atoms with Crippen molar-refractivity contribution in [3.63, 3.8) is 0 Å². The average molecular weight is 240 g/mol. The van der Waals surface area contributed by atoms with E-state index < -0.39 is 5.91 Å². The van der Waals surface area contributed by atoms with Crippen LogP contribution in [0, 0.1) is 6.92 Å². The summed E-state index contributed by atoms with van der Waals surface area (Å²) in [6, 6.07) is 15.4. The number of carbonyl (C=O) groups is 1. The number of hydrogen-bond acceptors (Lipinski definition) is 2. The molecule has 0 radical (unpaired) electrons. The van der Waals surface area contributed by atoms with Gasteiger partial charge in [0.15, 0.2) is 0 Å². The van der Waals surface area contributed by atoms with Crippen molar-refractivity contribution in [2.75, 3.05) is 5.32 Å². The molecule has 0 atom stereocenters. The zero-order valence-corrected chi connectivity index (χ0v) is 10.3. The Labute approximate surface area is 107 Å². The zero-order chi connectivity index (χ0) is 13.0. The molecule has 2 aromatic carbocycles. The van der Waals surface area contributed by atoms with Crippen LogP contribution in [0.3, 0.4) is 0 Å². The third kappa shape index (κ3) is 2.69. The fourth-order valence-electron chi connectivity index (χ4n) is 1.85. The van der Waals surface area contributed by atoms with E-state index in [0.29, 0.717) is 12.1 Å². The first-order chi connectivity index (χ1) is 8.68. The van der Waals surface area contributed by atoms with Crippen molar-refractivity contribution < 1.29 is 4.79 Å². The standard InChI is InChI=1S/C15H16N2O/c1-11-6-2-3-7-12(11)10-17-14-9-5-4-8-13(14)15(16)18/h2-9,17H,10H2,1H3,(H2,16,18). The molecule has 2 rings (SSSR count). The van der Waals surface area contributed by atoms with Crippen LogP contribution in [0.25, 0.3) is 0 Å². The molecule has 0 unspecified atom stereocenters. The Kier molecular flexibility index (Phi) is 3.63. The van der Waals surface area contributed by atoms with Gasteiger partial charge in [-0.1, -0.05) is 36.4 Å². The van der Waals surface area contributed by atoms with E-state index in [1.165, 1.54) is 11.1 Å². The molecule has 2 aromatic rings. The van der Waals surface area contributed by atoms with E-state index in [1.54, 1.807) is 12.1 Å². The number of rotatable bonds is 4. The highest BCUT2D eigenvalue weighted by atomic mass is 16.1. The molecule has 1 amide bonds. The number of anilines is 1. The third-order valence-electron chi connectivity index (χ3n) is 2.92. The normalized spacial score (nSPS) is 10.1. The minimum atomic E-state index is -0.414. The molecular formula is C15H16N2O. The van der Waals surface area contributed by atoms with Gasteiger partial charge in [0.25, 0.3) is 5.91 Å². The summed E-state index contributed by atoms with van der Waals surface area (Å²) in [6.45, 7) is 2.74. The van der Waals surface area contributed by atoms with E-state index >= 15 is 0 Å². The maximum atomic E-state index is 11.3. The number of hydrogen-bond donors (Lipinski definition) is 2. The van der Waals surface area contributed by atoms with Crippen molar-refractivity contribution in [1.82, 2.24) is 0 Å². The van der Waals surface area contributed by atoms with Crippen molar-refractivity contribution in [1.29, 1.82) is 0 Å². The smallest absolute Gasteiger partial charge is 0.250 e. The fourth-order valence-corrected chi connectivity index (χ4v) is 1.85. The molecule has 0 bridgehead atoms. The number of carbonyl (C=O) groups excluding carboxylic acids is 1. The topological polar surface area (TPSA) is 55.1 Å². The van der Waals surface area contributed by atoms with Gasteiger partial charge in [-0.15, -0.1) is 0 Å². The molecule has 0 spiro atoms. The number of nitrogens with one attached hydrogen (secondary N) is 1. The molecule has 0 aliphatic carbocycles. The van der Waals surface area contributed by atoms with Crippen LogP contribution in [-0.2, 0) is 6.54 Å². The van der Waals surface area contributed by atoms with Gasteiger partial charge in [0.1, 0.15) is 0 Å². The second-order valence-corrected chi connectivity index (χ2v) is 4.19.